The number of benzene rings is 2. The highest BCUT2D eigenvalue weighted by atomic mass is 32.2. The van der Waals surface area contributed by atoms with Gasteiger partial charge in [0.05, 0.1) is 17.7 Å². The van der Waals surface area contributed by atoms with Crippen molar-refractivity contribution in [2.24, 2.45) is 0 Å². The second kappa shape index (κ2) is 8.33. The Kier molecular flexibility index (Phi) is 5.74. The first-order valence-electron chi connectivity index (χ1n) is 9.34. The van der Waals surface area contributed by atoms with Gasteiger partial charge in [0.1, 0.15) is 10.6 Å². The second-order valence-electron chi connectivity index (χ2n) is 6.95. The van der Waals surface area contributed by atoms with Crippen LogP contribution in [0.3, 0.4) is 0 Å². The third kappa shape index (κ3) is 4.30. The molecule has 1 amide bonds. The number of hydrogen-bond acceptors (Lipinski definition) is 6. The molecule has 4 rings (SSSR count). The molecule has 0 radical (unpaired) electrons. The fraction of sp³-hybridized carbons (Fsp3) is 0.136. The molecule has 2 heterocycles. The number of amides is 1. The number of methoxy groups -OCH3 is 1. The van der Waals surface area contributed by atoms with Gasteiger partial charge in [-0.2, -0.15) is 0 Å². The molecule has 0 atom stereocenters. The van der Waals surface area contributed by atoms with Gasteiger partial charge in [-0.3, -0.25) is 9.52 Å². The summed E-state index contributed by atoms with van der Waals surface area (Å²) in [5.74, 6) is -0.0991. The Morgan fingerprint density at radius 1 is 1.00 bits per heavy atom. The lowest BCUT2D eigenvalue weighted by atomic mass is 10.1. The molecule has 31 heavy (non-hydrogen) atoms. The van der Waals surface area contributed by atoms with Crippen molar-refractivity contribution in [3.8, 4) is 5.75 Å². The molecule has 2 N–H and O–H groups in total. The van der Waals surface area contributed by atoms with E-state index in [1.807, 2.05) is 49.6 Å². The number of carbonyl (C=O) groups is 1. The molecule has 0 unspecified atom stereocenters. The number of nitrogens with one attached hydrogen (secondary N) is 2. The van der Waals surface area contributed by atoms with Crippen LogP contribution < -0.4 is 14.8 Å². The van der Waals surface area contributed by atoms with E-state index in [9.17, 15) is 13.2 Å². The van der Waals surface area contributed by atoms with Gasteiger partial charge in [-0.25, -0.2) is 8.42 Å². The minimum absolute atomic E-state index is 0.0531. The molecule has 0 saturated heterocycles. The molecule has 0 fully saturated rings. The molecule has 6 nitrogen and oxygen atoms in total. The molecular formula is C22H20N2O4S3. The summed E-state index contributed by atoms with van der Waals surface area (Å²) in [6.07, 6.45) is 0. The quantitative estimate of drug-likeness (QED) is 0.380. The number of anilines is 2. The number of ether oxygens (including phenoxy) is 1. The lowest BCUT2D eigenvalue weighted by molar-refractivity contribution is 0.103. The maximum Gasteiger partial charge on any atom is 0.265 e. The first-order valence-corrected chi connectivity index (χ1v) is 12.5. The first kappa shape index (κ1) is 21.4. The van der Waals surface area contributed by atoms with Gasteiger partial charge in [-0.1, -0.05) is 18.2 Å². The van der Waals surface area contributed by atoms with Crippen molar-refractivity contribution >= 4 is 59.4 Å². The fourth-order valence-electron chi connectivity index (χ4n) is 3.20. The van der Waals surface area contributed by atoms with E-state index in [1.165, 1.54) is 30.6 Å². The van der Waals surface area contributed by atoms with Crippen molar-refractivity contribution in [2.45, 2.75) is 18.7 Å². The van der Waals surface area contributed by atoms with Gasteiger partial charge in [0.15, 0.2) is 0 Å². The normalized spacial score (nSPS) is 11.5. The number of rotatable bonds is 6. The van der Waals surface area contributed by atoms with Crippen LogP contribution in [0, 0.1) is 13.8 Å². The fourth-order valence-corrected chi connectivity index (χ4v) is 6.60. The first-order chi connectivity index (χ1) is 14.8. The summed E-state index contributed by atoms with van der Waals surface area (Å²) < 4.78 is 36.4. The summed E-state index contributed by atoms with van der Waals surface area (Å²) in [6.45, 7) is 3.68. The molecular weight excluding hydrogens is 452 g/mol. The SMILES string of the molecule is COc1ccc(NC(=O)c2cc3sccc3s2)cc1S(=O)(=O)Nc1c(C)cccc1C. The third-order valence-corrected chi connectivity index (χ3v) is 8.25. The van der Waals surface area contributed by atoms with Crippen molar-refractivity contribution in [2.75, 3.05) is 17.1 Å². The van der Waals surface area contributed by atoms with Gasteiger partial charge >= 0.3 is 0 Å². The Morgan fingerprint density at radius 2 is 1.74 bits per heavy atom. The molecule has 0 bridgehead atoms. The van der Waals surface area contributed by atoms with Gasteiger partial charge in [0.2, 0.25) is 0 Å². The highest BCUT2D eigenvalue weighted by Gasteiger charge is 2.22. The predicted octanol–water partition coefficient (Wildman–Crippen LogP) is 5.64. The van der Waals surface area contributed by atoms with E-state index in [-0.39, 0.29) is 16.6 Å². The summed E-state index contributed by atoms with van der Waals surface area (Å²) in [4.78, 5) is 13.2. The van der Waals surface area contributed by atoms with Crippen LogP contribution in [0.15, 0.2) is 58.8 Å². The minimum Gasteiger partial charge on any atom is -0.495 e. The number of aryl methyl sites for hydroxylation is 2. The molecule has 0 spiro atoms. The van der Waals surface area contributed by atoms with Gasteiger partial charge in [-0.15, -0.1) is 22.7 Å². The lowest BCUT2D eigenvalue weighted by Crippen LogP contribution is -2.17. The molecule has 9 heteroatoms. The Balaban J connectivity index is 1.65. The van der Waals surface area contributed by atoms with Crippen LogP contribution in [0.4, 0.5) is 11.4 Å². The summed E-state index contributed by atoms with van der Waals surface area (Å²) in [5.41, 5.74) is 2.51. The molecule has 160 valence electrons. The second-order valence-corrected chi connectivity index (χ2v) is 10.6. The zero-order valence-corrected chi connectivity index (χ0v) is 19.5. The average Bonchev–Trinajstić information content (AvgIpc) is 3.33. The standard InChI is InChI=1S/C22H20N2O4S3/c1-13-5-4-6-14(2)21(13)24-31(26,27)20-11-15(7-8-16(20)28-3)23-22(25)19-12-18-17(30-19)9-10-29-18/h4-12,24H,1-3H3,(H,23,25). The number of fused-ring (bicyclic) bond motifs is 1. The van der Waals surface area contributed by atoms with E-state index in [1.54, 1.807) is 17.4 Å². The zero-order valence-electron chi connectivity index (χ0n) is 17.1. The number of thiophene rings is 2. The van der Waals surface area contributed by atoms with Crippen molar-refractivity contribution in [3.05, 3.63) is 69.9 Å². The molecule has 0 saturated carbocycles. The van der Waals surface area contributed by atoms with Gasteiger partial charge in [0.25, 0.3) is 15.9 Å². The molecule has 2 aromatic carbocycles. The highest BCUT2D eigenvalue weighted by Crippen LogP contribution is 2.33. The zero-order chi connectivity index (χ0) is 22.2. The minimum atomic E-state index is -3.96. The monoisotopic (exact) mass is 472 g/mol. The van der Waals surface area contributed by atoms with Crippen molar-refractivity contribution in [1.29, 1.82) is 0 Å². The van der Waals surface area contributed by atoms with Crippen LogP contribution in [0.25, 0.3) is 9.40 Å². The van der Waals surface area contributed by atoms with Crippen LogP contribution in [0.5, 0.6) is 5.75 Å². The Morgan fingerprint density at radius 3 is 2.42 bits per heavy atom. The topological polar surface area (TPSA) is 84.5 Å². The summed E-state index contributed by atoms with van der Waals surface area (Å²) in [6, 6.07) is 13.9. The van der Waals surface area contributed by atoms with Crippen LogP contribution in [-0.2, 0) is 10.0 Å². The Bertz CT molecular complexity index is 1340. The van der Waals surface area contributed by atoms with Gasteiger partial charge in [-0.05, 0) is 60.7 Å². The predicted molar refractivity (Wildman–Crippen MR) is 127 cm³/mol. The Labute approximate surface area is 188 Å². The van der Waals surface area contributed by atoms with Gasteiger partial charge < -0.3 is 10.1 Å². The van der Waals surface area contributed by atoms with Gasteiger partial charge in [0, 0.05) is 15.1 Å². The molecule has 0 aliphatic carbocycles. The highest BCUT2D eigenvalue weighted by molar-refractivity contribution is 7.92. The van der Waals surface area contributed by atoms with Crippen molar-refractivity contribution < 1.29 is 17.9 Å². The van der Waals surface area contributed by atoms with E-state index in [4.69, 9.17) is 4.74 Å². The summed E-state index contributed by atoms with van der Waals surface area (Å²) >= 11 is 2.97. The summed E-state index contributed by atoms with van der Waals surface area (Å²) in [5, 5.41) is 4.77. The van der Waals surface area contributed by atoms with Crippen molar-refractivity contribution in [3.63, 3.8) is 0 Å². The van der Waals surface area contributed by atoms with E-state index in [2.05, 4.69) is 10.0 Å². The van der Waals surface area contributed by atoms with E-state index in [0.717, 1.165) is 20.5 Å². The number of sulfonamides is 1. The molecule has 0 aliphatic heterocycles. The lowest BCUT2D eigenvalue weighted by Gasteiger charge is -2.16. The molecule has 0 aliphatic rings. The maximum atomic E-state index is 13.2. The molecule has 2 aromatic heterocycles. The van der Waals surface area contributed by atoms with Crippen LogP contribution in [-0.4, -0.2) is 21.4 Å². The largest absolute Gasteiger partial charge is 0.495 e. The van der Waals surface area contributed by atoms with Crippen LogP contribution in [0.2, 0.25) is 0 Å². The van der Waals surface area contributed by atoms with E-state index >= 15 is 0 Å². The Hall–Kier alpha value is -2.88. The van der Waals surface area contributed by atoms with E-state index < -0.39 is 10.0 Å². The third-order valence-electron chi connectivity index (χ3n) is 4.79. The van der Waals surface area contributed by atoms with E-state index in [0.29, 0.717) is 16.3 Å². The summed E-state index contributed by atoms with van der Waals surface area (Å²) in [7, 11) is -2.55. The van der Waals surface area contributed by atoms with Crippen LogP contribution >= 0.6 is 22.7 Å². The molecule has 4 aromatic rings. The van der Waals surface area contributed by atoms with Crippen molar-refractivity contribution in [1.82, 2.24) is 0 Å². The number of carbonyl (C=O) groups excluding carboxylic acids is 1. The number of para-hydroxylation sites is 1. The van der Waals surface area contributed by atoms with Crippen LogP contribution in [0.1, 0.15) is 20.8 Å². The maximum absolute atomic E-state index is 13.2. The average molecular weight is 473 g/mol. The smallest absolute Gasteiger partial charge is 0.265 e. The number of hydrogen-bond donors (Lipinski definition) is 2.